The Bertz CT molecular complexity index is 649. The third-order valence-electron chi connectivity index (χ3n) is 3.38. The van der Waals surface area contributed by atoms with Gasteiger partial charge in [-0.3, -0.25) is 0 Å². The van der Waals surface area contributed by atoms with E-state index in [1.807, 2.05) is 25.1 Å². The van der Waals surface area contributed by atoms with Gasteiger partial charge in [0, 0.05) is 6.42 Å². The molecule has 0 saturated carbocycles. The van der Waals surface area contributed by atoms with Crippen molar-refractivity contribution in [2.45, 2.75) is 39.5 Å². The second kappa shape index (κ2) is 7.40. The molecule has 1 aromatic heterocycles. The van der Waals surface area contributed by atoms with E-state index < -0.39 is 5.97 Å². The number of carboxylic acids is 1. The summed E-state index contributed by atoms with van der Waals surface area (Å²) in [4.78, 5) is 15.9. The molecule has 22 heavy (non-hydrogen) atoms. The van der Waals surface area contributed by atoms with Gasteiger partial charge in [0.05, 0.1) is 17.3 Å². The molecule has 0 bridgehead atoms. The second-order valence-corrected chi connectivity index (χ2v) is 6.45. The van der Waals surface area contributed by atoms with Gasteiger partial charge in [-0.1, -0.05) is 32.9 Å². The molecule has 0 aliphatic carbocycles. The van der Waals surface area contributed by atoms with Gasteiger partial charge in [-0.25, -0.2) is 9.78 Å². The Labute approximate surface area is 134 Å². The Kier molecular flexibility index (Phi) is 5.55. The van der Waals surface area contributed by atoms with Crippen molar-refractivity contribution < 1.29 is 14.6 Å². The van der Waals surface area contributed by atoms with E-state index in [1.165, 1.54) is 16.9 Å². The normalized spacial score (nSPS) is 10.9. The minimum Gasteiger partial charge on any atom is -0.493 e. The fraction of sp³-hybridized carbons (Fsp3) is 0.412. The number of aromatic carboxylic acids is 1. The molecule has 1 heterocycles. The van der Waals surface area contributed by atoms with Crippen molar-refractivity contribution >= 4 is 17.3 Å². The van der Waals surface area contributed by atoms with Crippen LogP contribution in [0.4, 0.5) is 0 Å². The summed E-state index contributed by atoms with van der Waals surface area (Å²) in [7, 11) is 0. The maximum Gasteiger partial charge on any atom is 0.347 e. The number of aromatic nitrogens is 1. The first-order valence-corrected chi connectivity index (χ1v) is 8.27. The Balaban J connectivity index is 1.96. The third-order valence-corrected chi connectivity index (χ3v) is 4.53. The average molecular weight is 319 g/mol. The Morgan fingerprint density at radius 1 is 1.41 bits per heavy atom. The van der Waals surface area contributed by atoms with E-state index >= 15 is 0 Å². The maximum atomic E-state index is 11.1. The topological polar surface area (TPSA) is 59.4 Å². The summed E-state index contributed by atoms with van der Waals surface area (Å²) in [5.41, 5.74) is 1.91. The van der Waals surface area contributed by atoms with E-state index in [-0.39, 0.29) is 0 Å². The van der Waals surface area contributed by atoms with Crippen LogP contribution in [0, 0.1) is 0 Å². The van der Waals surface area contributed by atoms with Crippen molar-refractivity contribution in [1.29, 1.82) is 0 Å². The molecule has 1 N–H and O–H groups in total. The highest BCUT2D eigenvalue weighted by Crippen LogP contribution is 2.22. The van der Waals surface area contributed by atoms with Gasteiger partial charge in [-0.05, 0) is 30.0 Å². The quantitative estimate of drug-likeness (QED) is 0.833. The Morgan fingerprint density at radius 2 is 2.18 bits per heavy atom. The number of rotatable bonds is 7. The molecule has 0 fully saturated rings. The number of ether oxygens (including phenoxy) is 1. The number of carbonyl (C=O) groups is 1. The lowest BCUT2D eigenvalue weighted by molar-refractivity contribution is 0.0701. The lowest BCUT2D eigenvalue weighted by atomic mass is 10.0. The van der Waals surface area contributed by atoms with Crippen molar-refractivity contribution in [2.24, 2.45) is 0 Å². The maximum absolute atomic E-state index is 11.1. The van der Waals surface area contributed by atoms with Crippen molar-refractivity contribution in [3.63, 3.8) is 0 Å². The third kappa shape index (κ3) is 4.07. The van der Waals surface area contributed by atoms with Crippen LogP contribution >= 0.6 is 11.3 Å². The van der Waals surface area contributed by atoms with Crippen molar-refractivity contribution in [1.82, 2.24) is 4.98 Å². The minimum atomic E-state index is -0.897. The van der Waals surface area contributed by atoms with Crippen LogP contribution in [0.15, 0.2) is 24.3 Å². The molecule has 0 aliphatic heterocycles. The summed E-state index contributed by atoms with van der Waals surface area (Å²) in [6.45, 7) is 6.71. The van der Waals surface area contributed by atoms with Gasteiger partial charge in [0.1, 0.15) is 10.6 Å². The molecule has 0 unspecified atom stereocenters. The molecule has 0 amide bonds. The van der Waals surface area contributed by atoms with E-state index in [4.69, 9.17) is 9.84 Å². The van der Waals surface area contributed by atoms with Gasteiger partial charge in [0.15, 0.2) is 0 Å². The predicted octanol–water partition coefficient (Wildman–Crippen LogP) is 4.15. The summed E-state index contributed by atoms with van der Waals surface area (Å²) in [5.74, 6) is 0.413. The standard InChI is InChI=1S/C17H21NO3S/c1-4-14-16(17(19)20)22-15(18-14)8-9-21-13-7-5-6-12(10-13)11(2)3/h5-7,10-11H,4,8-9H2,1-3H3,(H,19,20). The summed E-state index contributed by atoms with van der Waals surface area (Å²) >= 11 is 1.24. The lowest BCUT2D eigenvalue weighted by Crippen LogP contribution is -2.02. The summed E-state index contributed by atoms with van der Waals surface area (Å²) < 4.78 is 5.76. The minimum absolute atomic E-state index is 0.347. The van der Waals surface area contributed by atoms with Crippen LogP contribution < -0.4 is 4.74 Å². The van der Waals surface area contributed by atoms with Gasteiger partial charge < -0.3 is 9.84 Å². The molecule has 1 aromatic carbocycles. The molecule has 0 aliphatic rings. The first-order valence-electron chi connectivity index (χ1n) is 7.45. The second-order valence-electron chi connectivity index (χ2n) is 5.37. The smallest absolute Gasteiger partial charge is 0.347 e. The fourth-order valence-electron chi connectivity index (χ4n) is 2.13. The van der Waals surface area contributed by atoms with Crippen molar-refractivity contribution in [3.8, 4) is 5.75 Å². The van der Waals surface area contributed by atoms with Crippen LogP contribution in [0.2, 0.25) is 0 Å². The molecule has 118 valence electrons. The molecule has 0 saturated heterocycles. The number of benzene rings is 1. The van der Waals surface area contributed by atoms with Gasteiger partial charge in [-0.2, -0.15) is 0 Å². The number of aryl methyl sites for hydroxylation is 1. The SMILES string of the molecule is CCc1nc(CCOc2cccc(C(C)C)c2)sc1C(=O)O. The van der Waals surface area contributed by atoms with Crippen LogP contribution in [0.25, 0.3) is 0 Å². The summed E-state index contributed by atoms with van der Waals surface area (Å²) in [6, 6.07) is 8.07. The van der Waals surface area contributed by atoms with Crippen molar-refractivity contribution in [3.05, 3.63) is 45.4 Å². The molecule has 4 nitrogen and oxygen atoms in total. The monoisotopic (exact) mass is 319 g/mol. The first kappa shape index (κ1) is 16.5. The fourth-order valence-corrected chi connectivity index (χ4v) is 3.11. The largest absolute Gasteiger partial charge is 0.493 e. The molecular weight excluding hydrogens is 298 g/mol. The van der Waals surface area contributed by atoms with Gasteiger partial charge in [-0.15, -0.1) is 11.3 Å². The Hall–Kier alpha value is -1.88. The Morgan fingerprint density at radius 3 is 2.77 bits per heavy atom. The van der Waals surface area contributed by atoms with Gasteiger partial charge >= 0.3 is 5.97 Å². The number of thiazole rings is 1. The highest BCUT2D eigenvalue weighted by atomic mass is 32.1. The molecule has 0 spiro atoms. The van der Waals surface area contributed by atoms with E-state index in [0.717, 1.165) is 10.8 Å². The summed E-state index contributed by atoms with van der Waals surface area (Å²) in [6.07, 6.45) is 1.26. The predicted molar refractivity (Wildman–Crippen MR) is 88.2 cm³/mol. The van der Waals surface area contributed by atoms with E-state index in [0.29, 0.717) is 35.9 Å². The van der Waals surface area contributed by atoms with Crippen molar-refractivity contribution in [2.75, 3.05) is 6.61 Å². The number of hydrogen-bond acceptors (Lipinski definition) is 4. The first-order chi connectivity index (χ1) is 10.5. The number of hydrogen-bond donors (Lipinski definition) is 1. The van der Waals surface area contributed by atoms with Gasteiger partial charge in [0.25, 0.3) is 0 Å². The molecule has 5 heteroatoms. The number of carboxylic acid groups (broad SMARTS) is 1. The van der Waals surface area contributed by atoms with E-state index in [9.17, 15) is 4.79 Å². The van der Waals surface area contributed by atoms with Crippen LogP contribution in [-0.2, 0) is 12.8 Å². The zero-order valence-corrected chi connectivity index (χ0v) is 13.9. The van der Waals surface area contributed by atoms with E-state index in [2.05, 4.69) is 24.9 Å². The van der Waals surface area contributed by atoms with Crippen LogP contribution in [-0.4, -0.2) is 22.7 Å². The van der Waals surface area contributed by atoms with Crippen LogP contribution in [0.1, 0.15) is 52.6 Å². The van der Waals surface area contributed by atoms with Gasteiger partial charge in [0.2, 0.25) is 0 Å². The highest BCUT2D eigenvalue weighted by molar-refractivity contribution is 7.13. The summed E-state index contributed by atoms with van der Waals surface area (Å²) in [5, 5.41) is 9.95. The van der Waals surface area contributed by atoms with Crippen LogP contribution in [0.5, 0.6) is 5.75 Å². The average Bonchev–Trinajstić information content (AvgIpc) is 2.91. The zero-order valence-electron chi connectivity index (χ0n) is 13.1. The zero-order chi connectivity index (χ0) is 16.1. The molecule has 0 atom stereocenters. The highest BCUT2D eigenvalue weighted by Gasteiger charge is 2.15. The lowest BCUT2D eigenvalue weighted by Gasteiger charge is -2.09. The van der Waals surface area contributed by atoms with Crippen LogP contribution in [0.3, 0.4) is 0 Å². The molecule has 0 radical (unpaired) electrons. The molecule has 2 aromatic rings. The number of nitrogens with zero attached hydrogens (tertiary/aromatic N) is 1. The molecular formula is C17H21NO3S. The molecule has 2 rings (SSSR count). The van der Waals surface area contributed by atoms with E-state index in [1.54, 1.807) is 0 Å².